The summed E-state index contributed by atoms with van der Waals surface area (Å²) in [7, 11) is -3.71. The van der Waals surface area contributed by atoms with Gasteiger partial charge in [-0.1, -0.05) is 45.7 Å². The molecule has 0 radical (unpaired) electrons. The molecule has 1 aliphatic heterocycles. The molecule has 206 valence electrons. The molecule has 2 fully saturated rings. The van der Waals surface area contributed by atoms with Crippen LogP contribution in [-0.4, -0.2) is 49.7 Å². The molecule has 2 N–H and O–H groups in total. The van der Waals surface area contributed by atoms with Crippen LogP contribution in [-0.2, 0) is 20.2 Å². The number of amides is 2. The lowest BCUT2D eigenvalue weighted by atomic mass is 9.87. The van der Waals surface area contributed by atoms with Crippen LogP contribution in [0.25, 0.3) is 0 Å². The Balaban J connectivity index is 1.39. The normalized spacial score (nSPS) is 23.0. The Kier molecular flexibility index (Phi) is 8.57. The third-order valence-corrected chi connectivity index (χ3v) is 9.51. The molecule has 2 aliphatic rings. The first-order valence-electron chi connectivity index (χ1n) is 13.4. The molecule has 2 amide bonds. The molecule has 1 aliphatic carbocycles. The maximum atomic E-state index is 13.4. The summed E-state index contributed by atoms with van der Waals surface area (Å²) >= 11 is 0. The minimum atomic E-state index is -3.71. The Hall–Kier alpha value is -2.78. The molecule has 0 bridgehead atoms. The van der Waals surface area contributed by atoms with Gasteiger partial charge < -0.3 is 10.6 Å². The van der Waals surface area contributed by atoms with Gasteiger partial charge in [-0.2, -0.15) is 4.31 Å². The van der Waals surface area contributed by atoms with Gasteiger partial charge in [0, 0.05) is 30.7 Å². The lowest BCUT2D eigenvalue weighted by Gasteiger charge is -2.36. The summed E-state index contributed by atoms with van der Waals surface area (Å²) in [6.07, 6.45) is 4.54. The van der Waals surface area contributed by atoms with E-state index in [0.29, 0.717) is 24.9 Å². The minimum Gasteiger partial charge on any atom is -0.351 e. The van der Waals surface area contributed by atoms with Gasteiger partial charge >= 0.3 is 0 Å². The molecule has 38 heavy (non-hydrogen) atoms. The number of sulfonamides is 1. The van der Waals surface area contributed by atoms with Gasteiger partial charge in [-0.3, -0.25) is 9.59 Å². The summed E-state index contributed by atoms with van der Waals surface area (Å²) in [6.45, 7) is 6.75. The van der Waals surface area contributed by atoms with Crippen molar-refractivity contribution in [1.29, 1.82) is 0 Å². The zero-order chi connectivity index (χ0) is 27.5. The highest BCUT2D eigenvalue weighted by Crippen LogP contribution is 2.28. The smallest absolute Gasteiger partial charge is 0.251 e. The van der Waals surface area contributed by atoms with E-state index in [-0.39, 0.29) is 40.8 Å². The predicted molar refractivity (Wildman–Crippen MR) is 145 cm³/mol. The number of carbonyl (C=O) groups excluding carboxylic acids is 2. The molecule has 1 saturated heterocycles. The van der Waals surface area contributed by atoms with Gasteiger partial charge in [0.1, 0.15) is 5.82 Å². The number of carbonyl (C=O) groups is 2. The largest absolute Gasteiger partial charge is 0.351 e. The van der Waals surface area contributed by atoms with E-state index < -0.39 is 21.8 Å². The van der Waals surface area contributed by atoms with Crippen molar-refractivity contribution < 1.29 is 22.4 Å². The van der Waals surface area contributed by atoms with E-state index in [9.17, 15) is 22.4 Å². The number of hydrogen-bond acceptors (Lipinski definition) is 4. The third-order valence-electron chi connectivity index (χ3n) is 7.63. The van der Waals surface area contributed by atoms with E-state index in [0.717, 1.165) is 31.2 Å². The van der Waals surface area contributed by atoms with Crippen molar-refractivity contribution >= 4 is 21.8 Å². The highest BCUT2D eigenvalue weighted by atomic mass is 32.2. The molecule has 2 aromatic carbocycles. The van der Waals surface area contributed by atoms with Gasteiger partial charge in [0.2, 0.25) is 15.9 Å². The van der Waals surface area contributed by atoms with Crippen molar-refractivity contribution in [2.24, 2.45) is 5.92 Å². The molecule has 4 rings (SSSR count). The van der Waals surface area contributed by atoms with Gasteiger partial charge in [-0.25, -0.2) is 12.8 Å². The monoisotopic (exact) mass is 543 g/mol. The molecule has 3 atom stereocenters. The zero-order valence-corrected chi connectivity index (χ0v) is 23.2. The summed E-state index contributed by atoms with van der Waals surface area (Å²) in [4.78, 5) is 26.2. The quantitative estimate of drug-likeness (QED) is 0.565. The first kappa shape index (κ1) is 28.2. The summed E-state index contributed by atoms with van der Waals surface area (Å²) in [5, 5.41) is 6.11. The van der Waals surface area contributed by atoms with Crippen LogP contribution in [0.15, 0.2) is 53.4 Å². The summed E-state index contributed by atoms with van der Waals surface area (Å²) in [5.74, 6) is -1.35. The van der Waals surface area contributed by atoms with Crippen LogP contribution in [0.1, 0.15) is 75.2 Å². The van der Waals surface area contributed by atoms with Gasteiger partial charge in [0.05, 0.1) is 10.8 Å². The number of hydrogen-bond donors (Lipinski definition) is 2. The number of piperidine rings is 1. The third kappa shape index (κ3) is 6.61. The fraction of sp³-hybridized carbons (Fsp3) is 0.517. The second-order valence-corrected chi connectivity index (χ2v) is 13.4. The van der Waals surface area contributed by atoms with Crippen molar-refractivity contribution in [2.75, 3.05) is 13.1 Å². The standard InChI is InChI=1S/C29H38FN3O4S/c1-29(2,3)22-12-16-24(17-13-22)38(36,37)33-18-6-7-21(19-33)28(35)32-26-9-5-4-8-25(26)31-27(34)20-10-14-23(30)15-11-20/h10-17,21,25-26H,4-9,18-19H2,1-3H3,(H,31,34)(H,32,35)/t21?,25-,26?/m1/s1. The molecule has 0 spiro atoms. The Morgan fingerprint density at radius 3 is 2.08 bits per heavy atom. The molecule has 2 aromatic rings. The van der Waals surface area contributed by atoms with Crippen LogP contribution < -0.4 is 10.6 Å². The molecule has 0 aromatic heterocycles. The number of rotatable bonds is 6. The number of benzene rings is 2. The number of nitrogens with zero attached hydrogens (tertiary/aromatic N) is 1. The molecule has 7 nitrogen and oxygen atoms in total. The lowest BCUT2D eigenvalue weighted by Crippen LogP contribution is -2.55. The Morgan fingerprint density at radius 1 is 0.868 bits per heavy atom. The minimum absolute atomic E-state index is 0.0773. The second kappa shape index (κ2) is 11.5. The predicted octanol–water partition coefficient (Wildman–Crippen LogP) is 4.38. The SMILES string of the molecule is CC(C)(C)c1ccc(S(=O)(=O)N2CCCC(C(=O)NC3CCCC[C@H]3NC(=O)c3ccc(F)cc3)C2)cc1. The first-order chi connectivity index (χ1) is 17.9. The number of nitrogens with one attached hydrogen (secondary N) is 2. The maximum Gasteiger partial charge on any atom is 0.251 e. The highest BCUT2D eigenvalue weighted by Gasteiger charge is 2.36. The fourth-order valence-electron chi connectivity index (χ4n) is 5.28. The Labute approximate surface area is 225 Å². The molecule has 9 heteroatoms. The zero-order valence-electron chi connectivity index (χ0n) is 22.4. The summed E-state index contributed by atoms with van der Waals surface area (Å²) < 4.78 is 41.4. The first-order valence-corrected chi connectivity index (χ1v) is 14.9. The van der Waals surface area contributed by atoms with Crippen LogP contribution in [0.2, 0.25) is 0 Å². The van der Waals surface area contributed by atoms with Gasteiger partial charge in [-0.15, -0.1) is 0 Å². The summed E-state index contributed by atoms with van der Waals surface area (Å²) in [5.41, 5.74) is 1.35. The molecular formula is C29H38FN3O4S. The van der Waals surface area contributed by atoms with E-state index in [2.05, 4.69) is 31.4 Å². The van der Waals surface area contributed by atoms with Crippen molar-refractivity contribution in [1.82, 2.24) is 14.9 Å². The van der Waals surface area contributed by atoms with Gasteiger partial charge in [0.15, 0.2) is 0 Å². The van der Waals surface area contributed by atoms with Crippen molar-refractivity contribution in [3.63, 3.8) is 0 Å². The summed E-state index contributed by atoms with van der Waals surface area (Å²) in [6, 6.07) is 11.9. The lowest BCUT2D eigenvalue weighted by molar-refractivity contribution is -0.127. The molecule has 2 unspecified atom stereocenters. The van der Waals surface area contributed by atoms with E-state index >= 15 is 0 Å². The van der Waals surface area contributed by atoms with Crippen molar-refractivity contribution in [3.8, 4) is 0 Å². The Bertz CT molecular complexity index is 1240. The highest BCUT2D eigenvalue weighted by molar-refractivity contribution is 7.89. The van der Waals surface area contributed by atoms with Gasteiger partial charge in [0.25, 0.3) is 5.91 Å². The van der Waals surface area contributed by atoms with Gasteiger partial charge in [-0.05, 0) is 73.1 Å². The number of halogens is 1. The molecular weight excluding hydrogens is 505 g/mol. The average Bonchev–Trinajstić information content (AvgIpc) is 2.90. The van der Waals surface area contributed by atoms with Crippen LogP contribution in [0, 0.1) is 11.7 Å². The van der Waals surface area contributed by atoms with Crippen LogP contribution >= 0.6 is 0 Å². The average molecular weight is 544 g/mol. The van der Waals surface area contributed by atoms with Crippen LogP contribution in [0.4, 0.5) is 4.39 Å². The van der Waals surface area contributed by atoms with E-state index in [1.54, 1.807) is 12.1 Å². The maximum absolute atomic E-state index is 13.4. The van der Waals surface area contributed by atoms with E-state index in [1.165, 1.54) is 28.6 Å². The van der Waals surface area contributed by atoms with Crippen LogP contribution in [0.5, 0.6) is 0 Å². The second-order valence-electron chi connectivity index (χ2n) is 11.5. The topological polar surface area (TPSA) is 95.6 Å². The van der Waals surface area contributed by atoms with E-state index in [4.69, 9.17) is 0 Å². The van der Waals surface area contributed by atoms with Crippen molar-refractivity contribution in [2.45, 2.75) is 81.7 Å². The molecule has 1 heterocycles. The molecule has 1 saturated carbocycles. The van der Waals surface area contributed by atoms with E-state index in [1.807, 2.05) is 12.1 Å². The van der Waals surface area contributed by atoms with Crippen molar-refractivity contribution in [3.05, 3.63) is 65.5 Å². The Morgan fingerprint density at radius 2 is 1.47 bits per heavy atom. The fourth-order valence-corrected chi connectivity index (χ4v) is 6.80. The van der Waals surface area contributed by atoms with Crippen LogP contribution in [0.3, 0.4) is 0 Å².